The van der Waals surface area contributed by atoms with Gasteiger partial charge in [-0.1, -0.05) is 24.3 Å². The van der Waals surface area contributed by atoms with Crippen LogP contribution >= 0.6 is 0 Å². The quantitative estimate of drug-likeness (QED) is 0.464. The van der Waals surface area contributed by atoms with Gasteiger partial charge < -0.3 is 9.67 Å². The molecule has 2 aromatic heterocycles. The van der Waals surface area contributed by atoms with Crippen molar-refractivity contribution in [2.24, 2.45) is 0 Å². The topological polar surface area (TPSA) is 64.4 Å². The van der Waals surface area contributed by atoms with Crippen molar-refractivity contribution < 1.29 is 9.90 Å². The van der Waals surface area contributed by atoms with E-state index in [1.807, 2.05) is 35.2 Å². The second kappa shape index (κ2) is 5.96. The van der Waals surface area contributed by atoms with E-state index in [-0.39, 0.29) is 5.56 Å². The standard InChI is InChI=1S/C22H14N4O2/c1-23-18-5-2-14(3-6-18)16-11-20-21-24-8-9-26(21)19-7-4-15(22(27)28)10-17(19)13-25(20)12-16/h2-12H,13H2,(H,27,28). The van der Waals surface area contributed by atoms with E-state index in [1.165, 1.54) is 0 Å². The van der Waals surface area contributed by atoms with Gasteiger partial charge in [-0.15, -0.1) is 0 Å². The van der Waals surface area contributed by atoms with Crippen molar-refractivity contribution in [2.75, 3.05) is 0 Å². The summed E-state index contributed by atoms with van der Waals surface area (Å²) < 4.78 is 4.08. The fourth-order valence-corrected chi connectivity index (χ4v) is 3.67. The smallest absolute Gasteiger partial charge is 0.335 e. The normalized spacial score (nSPS) is 11.7. The van der Waals surface area contributed by atoms with E-state index in [9.17, 15) is 9.90 Å². The zero-order valence-corrected chi connectivity index (χ0v) is 14.7. The third-order valence-electron chi connectivity index (χ3n) is 5.02. The molecular formula is C22H14N4O2. The third-order valence-corrected chi connectivity index (χ3v) is 5.02. The molecule has 6 heteroatoms. The first-order valence-electron chi connectivity index (χ1n) is 8.72. The molecule has 5 rings (SSSR count). The molecule has 134 valence electrons. The van der Waals surface area contributed by atoms with Crippen LogP contribution in [0, 0.1) is 6.57 Å². The lowest BCUT2D eigenvalue weighted by Gasteiger charge is -2.10. The molecule has 0 aliphatic carbocycles. The molecule has 0 unspecified atom stereocenters. The number of nitrogens with zero attached hydrogens (tertiary/aromatic N) is 4. The van der Waals surface area contributed by atoms with Crippen molar-refractivity contribution in [1.29, 1.82) is 0 Å². The Balaban J connectivity index is 1.67. The molecule has 4 aromatic rings. The average molecular weight is 366 g/mol. The van der Waals surface area contributed by atoms with Crippen molar-refractivity contribution in [3.8, 4) is 28.3 Å². The number of rotatable bonds is 2. The number of hydrogen-bond donors (Lipinski definition) is 1. The zero-order chi connectivity index (χ0) is 19.3. The average Bonchev–Trinajstić information content (AvgIpc) is 3.33. The molecule has 6 nitrogen and oxygen atoms in total. The highest BCUT2D eigenvalue weighted by atomic mass is 16.4. The number of fused-ring (bicyclic) bond motifs is 5. The SMILES string of the molecule is [C-]#[N+]c1ccc(-c2cc3n(c2)Cc2cc(C(=O)O)ccc2-n2ccnc2-3)cc1. The Morgan fingerprint density at radius 2 is 1.93 bits per heavy atom. The fourth-order valence-electron chi connectivity index (χ4n) is 3.67. The van der Waals surface area contributed by atoms with Gasteiger partial charge >= 0.3 is 5.97 Å². The first-order chi connectivity index (χ1) is 13.6. The maximum Gasteiger partial charge on any atom is 0.335 e. The zero-order valence-electron chi connectivity index (χ0n) is 14.7. The van der Waals surface area contributed by atoms with Crippen LogP contribution in [-0.4, -0.2) is 25.2 Å². The van der Waals surface area contributed by atoms with Crippen LogP contribution in [0.25, 0.3) is 33.2 Å². The van der Waals surface area contributed by atoms with E-state index in [1.54, 1.807) is 30.5 Å². The van der Waals surface area contributed by atoms with Crippen LogP contribution in [0.4, 0.5) is 5.69 Å². The van der Waals surface area contributed by atoms with Crippen molar-refractivity contribution >= 4 is 11.7 Å². The van der Waals surface area contributed by atoms with Crippen molar-refractivity contribution in [2.45, 2.75) is 6.54 Å². The summed E-state index contributed by atoms with van der Waals surface area (Å²) in [6.45, 7) is 7.65. The summed E-state index contributed by atoms with van der Waals surface area (Å²) in [6.07, 6.45) is 5.68. The monoisotopic (exact) mass is 366 g/mol. The summed E-state index contributed by atoms with van der Waals surface area (Å²) in [6, 6.07) is 14.7. The lowest BCUT2D eigenvalue weighted by molar-refractivity contribution is 0.0696. The van der Waals surface area contributed by atoms with E-state index >= 15 is 0 Å². The van der Waals surface area contributed by atoms with Crippen LogP contribution in [0.2, 0.25) is 0 Å². The van der Waals surface area contributed by atoms with Gasteiger partial charge in [0.1, 0.15) is 0 Å². The van der Waals surface area contributed by atoms with Gasteiger partial charge in [0.2, 0.25) is 0 Å². The second-order valence-electron chi connectivity index (χ2n) is 6.67. The van der Waals surface area contributed by atoms with Crippen molar-refractivity contribution in [1.82, 2.24) is 14.1 Å². The number of aromatic nitrogens is 3. The Bertz CT molecular complexity index is 1270. The first-order valence-corrected chi connectivity index (χ1v) is 8.72. The Hall–Kier alpha value is -4.11. The Kier molecular flexibility index (Phi) is 3.43. The fraction of sp³-hybridized carbons (Fsp3) is 0.0455. The predicted octanol–water partition coefficient (Wildman–Crippen LogP) is 4.62. The predicted molar refractivity (Wildman–Crippen MR) is 105 cm³/mol. The van der Waals surface area contributed by atoms with Crippen LogP contribution in [0.1, 0.15) is 15.9 Å². The van der Waals surface area contributed by atoms with Crippen LogP contribution in [0.5, 0.6) is 0 Å². The maximum atomic E-state index is 11.4. The molecule has 0 saturated carbocycles. The first kappa shape index (κ1) is 16.1. The highest BCUT2D eigenvalue weighted by Gasteiger charge is 2.22. The molecule has 1 aliphatic rings. The maximum absolute atomic E-state index is 11.4. The molecule has 0 atom stereocenters. The Morgan fingerprint density at radius 3 is 2.68 bits per heavy atom. The Labute approximate surface area is 160 Å². The lowest BCUT2D eigenvalue weighted by Crippen LogP contribution is -2.04. The minimum absolute atomic E-state index is 0.269. The van der Waals surface area contributed by atoms with Gasteiger partial charge in [-0.2, -0.15) is 0 Å². The van der Waals surface area contributed by atoms with Crippen molar-refractivity contribution in [3.63, 3.8) is 0 Å². The van der Waals surface area contributed by atoms with E-state index in [0.29, 0.717) is 12.2 Å². The largest absolute Gasteiger partial charge is 0.478 e. The summed E-state index contributed by atoms with van der Waals surface area (Å²) in [5.74, 6) is -0.128. The summed E-state index contributed by atoms with van der Waals surface area (Å²) in [5.41, 5.74) is 5.74. The third kappa shape index (κ3) is 2.42. The highest BCUT2D eigenvalue weighted by molar-refractivity contribution is 5.88. The van der Waals surface area contributed by atoms with Crippen LogP contribution in [0.3, 0.4) is 0 Å². The lowest BCUT2D eigenvalue weighted by atomic mass is 10.1. The number of aromatic carboxylic acids is 1. The summed E-state index contributed by atoms with van der Waals surface area (Å²) in [5, 5.41) is 9.36. The molecule has 3 heterocycles. The second-order valence-corrected chi connectivity index (χ2v) is 6.67. The van der Waals surface area contributed by atoms with Gasteiger partial charge in [-0.25, -0.2) is 14.6 Å². The number of benzene rings is 2. The van der Waals surface area contributed by atoms with Gasteiger partial charge in [-0.05, 0) is 35.4 Å². The number of carboxylic acids is 1. The summed E-state index contributed by atoms with van der Waals surface area (Å²) >= 11 is 0. The minimum Gasteiger partial charge on any atom is -0.478 e. The van der Waals surface area contributed by atoms with E-state index in [0.717, 1.165) is 33.9 Å². The summed E-state index contributed by atoms with van der Waals surface area (Å²) in [7, 11) is 0. The number of carbonyl (C=O) groups is 1. The van der Waals surface area contributed by atoms with Gasteiger partial charge in [-0.3, -0.25) is 4.57 Å². The van der Waals surface area contributed by atoms with E-state index in [2.05, 4.69) is 20.5 Å². The van der Waals surface area contributed by atoms with Gasteiger partial charge in [0.25, 0.3) is 0 Å². The van der Waals surface area contributed by atoms with Crippen molar-refractivity contribution in [3.05, 3.63) is 89.7 Å². The van der Waals surface area contributed by atoms with Crippen LogP contribution in [0.15, 0.2) is 67.1 Å². The van der Waals surface area contributed by atoms with Crippen LogP contribution in [-0.2, 0) is 6.54 Å². The molecule has 28 heavy (non-hydrogen) atoms. The number of carboxylic acid groups (broad SMARTS) is 1. The molecule has 0 radical (unpaired) electrons. The highest BCUT2D eigenvalue weighted by Crippen LogP contribution is 2.34. The molecule has 0 amide bonds. The van der Waals surface area contributed by atoms with Crippen LogP contribution < -0.4 is 0 Å². The van der Waals surface area contributed by atoms with Gasteiger partial charge in [0.15, 0.2) is 11.5 Å². The molecule has 0 saturated heterocycles. The van der Waals surface area contributed by atoms with Gasteiger partial charge in [0, 0.05) is 30.7 Å². The van der Waals surface area contributed by atoms with Gasteiger partial charge in [0.05, 0.1) is 23.5 Å². The molecule has 1 aliphatic heterocycles. The van der Waals surface area contributed by atoms with E-state index in [4.69, 9.17) is 6.57 Å². The molecule has 2 aromatic carbocycles. The number of hydrogen-bond acceptors (Lipinski definition) is 2. The molecular weight excluding hydrogens is 352 g/mol. The molecule has 0 spiro atoms. The molecule has 0 bridgehead atoms. The Morgan fingerprint density at radius 1 is 1.11 bits per heavy atom. The number of imidazole rings is 1. The minimum atomic E-state index is -0.939. The molecule has 1 N–H and O–H groups in total. The van der Waals surface area contributed by atoms with E-state index < -0.39 is 5.97 Å². The summed E-state index contributed by atoms with van der Waals surface area (Å²) in [4.78, 5) is 19.4. The molecule has 0 fully saturated rings.